The first-order valence-electron chi connectivity index (χ1n) is 5.84. The number of halogens is 1. The lowest BCUT2D eigenvalue weighted by atomic mass is 10.1. The van der Waals surface area contributed by atoms with Gasteiger partial charge >= 0.3 is 5.97 Å². The van der Waals surface area contributed by atoms with Crippen molar-refractivity contribution in [2.75, 3.05) is 6.61 Å². The number of carbonyl (C=O) groups excluding carboxylic acids is 1. The van der Waals surface area contributed by atoms with Gasteiger partial charge in [-0.2, -0.15) is 0 Å². The van der Waals surface area contributed by atoms with E-state index in [2.05, 4.69) is 4.98 Å². The number of ether oxygens (including phenoxy) is 1. The van der Waals surface area contributed by atoms with E-state index < -0.39 is 5.97 Å². The zero-order valence-corrected chi connectivity index (χ0v) is 11.7. The number of benzene rings is 1. The molecule has 1 aromatic carbocycles. The zero-order chi connectivity index (χ0) is 13.4. The maximum absolute atomic E-state index is 11.8. The van der Waals surface area contributed by atoms with Gasteiger partial charge in [-0.25, -0.2) is 4.79 Å². The van der Waals surface area contributed by atoms with Gasteiger partial charge < -0.3 is 4.74 Å². The second kappa shape index (κ2) is 4.79. The lowest BCUT2D eigenvalue weighted by Gasteiger charge is -2.07. The number of nitrogens with zero attached hydrogens (tertiary/aromatic N) is 1. The molecule has 0 fully saturated rings. The molecule has 0 saturated carbocycles. The van der Waals surface area contributed by atoms with Crippen molar-refractivity contribution in [2.45, 2.75) is 6.92 Å². The molecular weight excluding hydrogens is 282 g/mol. The summed E-state index contributed by atoms with van der Waals surface area (Å²) in [6.45, 7) is 2.08. The monoisotopic (exact) mass is 291 g/mol. The van der Waals surface area contributed by atoms with Gasteiger partial charge in [0, 0.05) is 21.7 Å². The molecule has 0 N–H and O–H groups in total. The van der Waals surface area contributed by atoms with Crippen molar-refractivity contribution in [1.82, 2.24) is 4.98 Å². The molecule has 0 spiro atoms. The maximum Gasteiger partial charge on any atom is 0.341 e. The summed E-state index contributed by atoms with van der Waals surface area (Å²) in [5, 5.41) is 4.24. The molecule has 3 nitrogen and oxygen atoms in total. The fourth-order valence-electron chi connectivity index (χ4n) is 2.05. The number of thiophene rings is 1. The Hall–Kier alpha value is -1.65. The Morgan fingerprint density at radius 1 is 1.42 bits per heavy atom. The minimum atomic E-state index is -0.436. The van der Waals surface area contributed by atoms with E-state index in [1.54, 1.807) is 18.3 Å². The molecule has 3 rings (SSSR count). The molecule has 0 unspecified atom stereocenters. The summed E-state index contributed by atoms with van der Waals surface area (Å²) in [6, 6.07) is 5.91. The van der Waals surface area contributed by atoms with Crippen molar-refractivity contribution in [1.29, 1.82) is 0 Å². The van der Waals surface area contributed by atoms with Crippen molar-refractivity contribution in [3.8, 4) is 0 Å². The molecule has 0 amide bonds. The van der Waals surface area contributed by atoms with Crippen molar-refractivity contribution in [3.63, 3.8) is 0 Å². The van der Waals surface area contributed by atoms with Crippen LogP contribution in [0, 0.1) is 0 Å². The van der Waals surface area contributed by atoms with Gasteiger partial charge in [-0.3, -0.25) is 4.98 Å². The summed E-state index contributed by atoms with van der Waals surface area (Å²) in [4.78, 5) is 16.1. The van der Waals surface area contributed by atoms with Crippen molar-refractivity contribution in [2.24, 2.45) is 0 Å². The molecule has 3 aromatic rings. The Balaban J connectivity index is 2.33. The second-order valence-electron chi connectivity index (χ2n) is 4.00. The van der Waals surface area contributed by atoms with Crippen LogP contribution in [-0.4, -0.2) is 17.6 Å². The number of aromatic nitrogens is 1. The fourth-order valence-corrected chi connectivity index (χ4v) is 3.17. The third-order valence-electron chi connectivity index (χ3n) is 2.90. The minimum Gasteiger partial charge on any atom is -0.462 e. The van der Waals surface area contributed by atoms with Crippen LogP contribution < -0.4 is 0 Å². The lowest BCUT2D eigenvalue weighted by molar-refractivity contribution is 0.0526. The molecule has 5 heteroatoms. The highest BCUT2D eigenvalue weighted by Gasteiger charge is 2.16. The highest BCUT2D eigenvalue weighted by molar-refractivity contribution is 7.17. The third kappa shape index (κ3) is 1.97. The van der Waals surface area contributed by atoms with Crippen LogP contribution in [0.15, 0.2) is 29.8 Å². The van der Waals surface area contributed by atoms with Gasteiger partial charge in [0.05, 0.1) is 22.7 Å². The number of rotatable bonds is 2. The molecule has 0 saturated heterocycles. The maximum atomic E-state index is 11.8. The molecule has 19 heavy (non-hydrogen) atoms. The largest absolute Gasteiger partial charge is 0.462 e. The van der Waals surface area contributed by atoms with Gasteiger partial charge in [-0.1, -0.05) is 11.6 Å². The number of carbonyl (C=O) groups is 1. The van der Waals surface area contributed by atoms with Gasteiger partial charge in [0.15, 0.2) is 0 Å². The molecule has 0 aliphatic carbocycles. The zero-order valence-electron chi connectivity index (χ0n) is 10.1. The van der Waals surface area contributed by atoms with Gasteiger partial charge in [0.25, 0.3) is 0 Å². The van der Waals surface area contributed by atoms with E-state index >= 15 is 0 Å². The molecular formula is C14H10ClNO2S. The predicted octanol–water partition coefficient (Wildman–Crippen LogP) is 4.28. The van der Waals surface area contributed by atoms with Crippen LogP contribution in [-0.2, 0) is 4.74 Å². The Labute approximate surface area is 118 Å². The summed E-state index contributed by atoms with van der Waals surface area (Å²) >= 11 is 8.00. The fraction of sp³-hybridized carbons (Fsp3) is 0.143. The summed E-state index contributed by atoms with van der Waals surface area (Å²) < 4.78 is 6.11. The molecule has 96 valence electrons. The second-order valence-corrected chi connectivity index (χ2v) is 5.32. The summed E-state index contributed by atoms with van der Waals surface area (Å²) in [5.41, 5.74) is 1.10. The number of hydrogen-bond acceptors (Lipinski definition) is 4. The van der Waals surface area contributed by atoms with Crippen LogP contribution in [0.3, 0.4) is 0 Å². The first-order valence-corrected chi connectivity index (χ1v) is 7.09. The van der Waals surface area contributed by atoms with Crippen molar-refractivity contribution in [3.05, 3.63) is 40.4 Å². The highest BCUT2D eigenvalue weighted by atomic mass is 35.5. The number of esters is 1. The summed E-state index contributed by atoms with van der Waals surface area (Å²) in [6.07, 6.45) is 1.47. The molecule has 0 bridgehead atoms. The minimum absolute atomic E-state index is 0.315. The van der Waals surface area contributed by atoms with Crippen LogP contribution in [0.2, 0.25) is 5.02 Å². The van der Waals surface area contributed by atoms with E-state index in [1.807, 2.05) is 23.6 Å². The number of fused-ring (bicyclic) bond motifs is 3. The Morgan fingerprint density at radius 3 is 3.05 bits per heavy atom. The first kappa shape index (κ1) is 12.4. The Bertz CT molecular complexity index is 782. The Kier molecular flexibility index (Phi) is 3.12. The summed E-state index contributed by atoms with van der Waals surface area (Å²) in [7, 11) is 0. The molecule has 2 heterocycles. The number of hydrogen-bond donors (Lipinski definition) is 0. The van der Waals surface area contributed by atoms with E-state index in [0.29, 0.717) is 17.2 Å². The molecule has 0 aliphatic heterocycles. The SMILES string of the molecule is CCOC(=O)c1cnc2ccc3sccc3c2c1Cl. The molecule has 2 aromatic heterocycles. The standard InChI is InChI=1S/C14H10ClNO2S/c1-2-18-14(17)9-7-16-10-3-4-11-8(5-6-19-11)12(10)13(9)15/h3-7H,2H2,1H3. The first-order chi connectivity index (χ1) is 9.22. The van der Waals surface area contributed by atoms with E-state index in [1.165, 1.54) is 6.20 Å². The average molecular weight is 292 g/mol. The molecule has 0 atom stereocenters. The molecule has 0 radical (unpaired) electrons. The van der Waals surface area contributed by atoms with E-state index in [0.717, 1.165) is 21.0 Å². The van der Waals surface area contributed by atoms with E-state index in [4.69, 9.17) is 16.3 Å². The van der Waals surface area contributed by atoms with Gasteiger partial charge in [-0.15, -0.1) is 11.3 Å². The average Bonchev–Trinajstić information content (AvgIpc) is 2.87. The lowest BCUT2D eigenvalue weighted by Crippen LogP contribution is -2.06. The van der Waals surface area contributed by atoms with Crippen LogP contribution in [0.1, 0.15) is 17.3 Å². The predicted molar refractivity (Wildman–Crippen MR) is 78.1 cm³/mol. The van der Waals surface area contributed by atoms with Crippen molar-refractivity contribution < 1.29 is 9.53 Å². The topological polar surface area (TPSA) is 39.2 Å². The van der Waals surface area contributed by atoms with Gasteiger partial charge in [0.1, 0.15) is 0 Å². The van der Waals surface area contributed by atoms with Gasteiger partial charge in [-0.05, 0) is 30.5 Å². The third-order valence-corrected chi connectivity index (χ3v) is 4.17. The van der Waals surface area contributed by atoms with E-state index in [-0.39, 0.29) is 0 Å². The van der Waals surface area contributed by atoms with E-state index in [9.17, 15) is 4.79 Å². The van der Waals surface area contributed by atoms with Crippen molar-refractivity contribution >= 4 is 49.9 Å². The van der Waals surface area contributed by atoms with Crippen LogP contribution in [0.25, 0.3) is 21.0 Å². The smallest absolute Gasteiger partial charge is 0.341 e. The van der Waals surface area contributed by atoms with Crippen LogP contribution in [0.5, 0.6) is 0 Å². The number of pyridine rings is 1. The highest BCUT2D eigenvalue weighted by Crippen LogP contribution is 2.34. The Morgan fingerprint density at radius 2 is 2.26 bits per heavy atom. The quantitative estimate of drug-likeness (QED) is 0.662. The summed E-state index contributed by atoms with van der Waals surface area (Å²) in [5.74, 6) is -0.436. The van der Waals surface area contributed by atoms with Crippen LogP contribution in [0.4, 0.5) is 0 Å². The normalized spacial score (nSPS) is 11.1. The van der Waals surface area contributed by atoms with Gasteiger partial charge in [0.2, 0.25) is 0 Å². The van der Waals surface area contributed by atoms with Crippen LogP contribution >= 0.6 is 22.9 Å². The molecule has 0 aliphatic rings.